The van der Waals surface area contributed by atoms with Crippen LogP contribution in [-0.4, -0.2) is 44.4 Å². The summed E-state index contributed by atoms with van der Waals surface area (Å²) in [5, 5.41) is 13.9. The van der Waals surface area contributed by atoms with Gasteiger partial charge in [0.05, 0.1) is 32.3 Å². The molecule has 0 aliphatic carbocycles. The van der Waals surface area contributed by atoms with Crippen molar-refractivity contribution in [2.75, 3.05) is 33.7 Å². The molecular formula is C20H20N2O5. The van der Waals surface area contributed by atoms with E-state index in [2.05, 4.69) is 10.3 Å². The van der Waals surface area contributed by atoms with Crippen LogP contribution in [0.2, 0.25) is 0 Å². The fourth-order valence-corrected chi connectivity index (χ4v) is 3.11. The Morgan fingerprint density at radius 1 is 1.07 bits per heavy atom. The van der Waals surface area contributed by atoms with E-state index in [1.165, 1.54) is 0 Å². The molecule has 0 saturated heterocycles. The molecule has 0 aliphatic rings. The molecule has 7 heteroatoms. The number of nitrogens with one attached hydrogen (secondary N) is 1. The zero-order chi connectivity index (χ0) is 19.6. The fraction of sp³-hybridized carbons (Fsp3) is 0.200. The Bertz CT molecular complexity index is 1020. The van der Waals surface area contributed by atoms with E-state index in [1.807, 2.05) is 12.1 Å². The highest BCUT2D eigenvalue weighted by molar-refractivity contribution is 6.08. The number of carbonyl (C=O) groups is 1. The van der Waals surface area contributed by atoms with E-state index in [-0.39, 0.29) is 5.56 Å². The van der Waals surface area contributed by atoms with Gasteiger partial charge < -0.3 is 24.6 Å². The highest BCUT2D eigenvalue weighted by Crippen LogP contribution is 2.47. The minimum Gasteiger partial charge on any atom is -0.493 e. The molecule has 1 aromatic heterocycles. The summed E-state index contributed by atoms with van der Waals surface area (Å²) in [6.07, 6.45) is 1.69. The topological polar surface area (TPSA) is 89.9 Å². The van der Waals surface area contributed by atoms with Crippen LogP contribution >= 0.6 is 0 Å². The summed E-state index contributed by atoms with van der Waals surface area (Å²) in [7, 11) is 6.41. The molecular weight excluding hydrogens is 348 g/mol. The number of methoxy groups -OCH3 is 3. The highest BCUT2D eigenvalue weighted by Gasteiger charge is 2.21. The lowest BCUT2D eigenvalue weighted by molar-refractivity contribution is 0.0697. The molecule has 0 radical (unpaired) electrons. The van der Waals surface area contributed by atoms with Crippen LogP contribution in [0.4, 0.5) is 5.82 Å². The van der Waals surface area contributed by atoms with E-state index < -0.39 is 5.97 Å². The number of hydrogen-bond acceptors (Lipinski definition) is 6. The van der Waals surface area contributed by atoms with Gasteiger partial charge in [-0.3, -0.25) is 0 Å². The molecule has 0 amide bonds. The van der Waals surface area contributed by atoms with E-state index in [0.29, 0.717) is 23.1 Å². The van der Waals surface area contributed by atoms with Crippen molar-refractivity contribution in [1.29, 1.82) is 0 Å². The number of anilines is 1. The number of fused-ring (bicyclic) bond motifs is 1. The van der Waals surface area contributed by atoms with Crippen molar-refractivity contribution >= 4 is 22.6 Å². The molecule has 0 fully saturated rings. The zero-order valence-corrected chi connectivity index (χ0v) is 15.5. The first-order valence-corrected chi connectivity index (χ1v) is 8.18. The molecule has 0 spiro atoms. The molecule has 2 N–H and O–H groups in total. The van der Waals surface area contributed by atoms with Crippen LogP contribution in [-0.2, 0) is 0 Å². The van der Waals surface area contributed by atoms with Crippen molar-refractivity contribution < 1.29 is 24.1 Å². The molecule has 3 rings (SSSR count). The van der Waals surface area contributed by atoms with Gasteiger partial charge in [0.2, 0.25) is 5.75 Å². The second-order valence-corrected chi connectivity index (χ2v) is 5.72. The van der Waals surface area contributed by atoms with Crippen LogP contribution in [0.15, 0.2) is 36.5 Å². The largest absolute Gasteiger partial charge is 0.493 e. The number of ether oxygens (including phenoxy) is 3. The standard InChI is InChI=1S/C20H20N2O5/c1-21-19-16-13(9-15(25-2)17(26-3)18(16)27-4)14(10-22-19)11-6-5-7-12(8-11)20(23)24/h5-10H,1-4H3,(H,21,22)(H,23,24). The molecule has 27 heavy (non-hydrogen) atoms. The lowest BCUT2D eigenvalue weighted by Gasteiger charge is -2.18. The van der Waals surface area contributed by atoms with Gasteiger partial charge >= 0.3 is 5.97 Å². The van der Waals surface area contributed by atoms with Crippen molar-refractivity contribution in [3.8, 4) is 28.4 Å². The van der Waals surface area contributed by atoms with Crippen molar-refractivity contribution in [2.24, 2.45) is 0 Å². The third kappa shape index (κ3) is 3.08. The van der Waals surface area contributed by atoms with E-state index in [1.54, 1.807) is 52.8 Å². The first-order chi connectivity index (χ1) is 13.0. The number of carboxylic acids is 1. The maximum Gasteiger partial charge on any atom is 0.335 e. The minimum absolute atomic E-state index is 0.200. The predicted octanol–water partition coefficient (Wildman–Crippen LogP) is 3.67. The number of aromatic carboxylic acids is 1. The quantitative estimate of drug-likeness (QED) is 0.686. The van der Waals surface area contributed by atoms with Gasteiger partial charge in [-0.25, -0.2) is 9.78 Å². The second-order valence-electron chi connectivity index (χ2n) is 5.72. The van der Waals surface area contributed by atoms with Gasteiger partial charge in [0.1, 0.15) is 5.82 Å². The van der Waals surface area contributed by atoms with Crippen LogP contribution in [0.1, 0.15) is 10.4 Å². The first-order valence-electron chi connectivity index (χ1n) is 8.18. The molecule has 0 aliphatic heterocycles. The molecule has 7 nitrogen and oxygen atoms in total. The average Bonchev–Trinajstić information content (AvgIpc) is 2.71. The Hall–Kier alpha value is -3.48. The van der Waals surface area contributed by atoms with Gasteiger partial charge in [0, 0.05) is 24.2 Å². The minimum atomic E-state index is -0.988. The molecule has 2 aromatic carbocycles. The summed E-state index contributed by atoms with van der Waals surface area (Å²) < 4.78 is 16.6. The zero-order valence-electron chi connectivity index (χ0n) is 15.5. The van der Waals surface area contributed by atoms with Gasteiger partial charge in [0.25, 0.3) is 0 Å². The average molecular weight is 368 g/mol. The molecule has 140 valence electrons. The predicted molar refractivity (Wildman–Crippen MR) is 103 cm³/mol. The van der Waals surface area contributed by atoms with Crippen molar-refractivity contribution in [1.82, 2.24) is 4.98 Å². The Kier molecular flexibility index (Phi) is 5.03. The molecule has 0 unspecified atom stereocenters. The number of hydrogen-bond donors (Lipinski definition) is 2. The highest BCUT2D eigenvalue weighted by atomic mass is 16.5. The van der Waals surface area contributed by atoms with Crippen molar-refractivity contribution in [2.45, 2.75) is 0 Å². The van der Waals surface area contributed by atoms with Crippen molar-refractivity contribution in [3.05, 3.63) is 42.1 Å². The summed E-state index contributed by atoms with van der Waals surface area (Å²) in [6, 6.07) is 8.54. The fourth-order valence-electron chi connectivity index (χ4n) is 3.11. The van der Waals surface area contributed by atoms with Crippen LogP contribution in [0.3, 0.4) is 0 Å². The SMILES string of the molecule is CNc1ncc(-c2cccc(C(=O)O)c2)c2cc(OC)c(OC)c(OC)c12. The Labute approximate surface area is 156 Å². The summed E-state index contributed by atoms with van der Waals surface area (Å²) in [6.45, 7) is 0. The Morgan fingerprint density at radius 2 is 1.81 bits per heavy atom. The lowest BCUT2D eigenvalue weighted by atomic mass is 9.97. The van der Waals surface area contributed by atoms with E-state index in [4.69, 9.17) is 14.2 Å². The summed E-state index contributed by atoms with van der Waals surface area (Å²) >= 11 is 0. The smallest absolute Gasteiger partial charge is 0.335 e. The second kappa shape index (κ2) is 7.41. The molecule has 0 atom stereocenters. The summed E-state index contributed by atoms with van der Waals surface area (Å²) in [4.78, 5) is 15.8. The van der Waals surface area contributed by atoms with Crippen molar-refractivity contribution in [3.63, 3.8) is 0 Å². The number of pyridine rings is 1. The summed E-state index contributed by atoms with van der Waals surface area (Å²) in [5.74, 6) is 1.08. The van der Waals surface area contributed by atoms with Crippen LogP contribution in [0.25, 0.3) is 21.9 Å². The first kappa shape index (κ1) is 18.3. The lowest BCUT2D eigenvalue weighted by Crippen LogP contribution is -2.01. The van der Waals surface area contributed by atoms with Gasteiger partial charge in [0.15, 0.2) is 11.5 Å². The van der Waals surface area contributed by atoms with Gasteiger partial charge in [-0.15, -0.1) is 0 Å². The third-order valence-corrected chi connectivity index (χ3v) is 4.34. The number of rotatable bonds is 6. The number of carboxylic acid groups (broad SMARTS) is 1. The number of aromatic nitrogens is 1. The van der Waals surface area contributed by atoms with Crippen LogP contribution in [0, 0.1) is 0 Å². The Morgan fingerprint density at radius 3 is 2.41 bits per heavy atom. The molecule has 0 saturated carbocycles. The summed E-state index contributed by atoms with van der Waals surface area (Å²) in [5.41, 5.74) is 1.68. The normalized spacial score (nSPS) is 10.5. The van der Waals surface area contributed by atoms with E-state index >= 15 is 0 Å². The maximum atomic E-state index is 11.4. The molecule has 0 bridgehead atoms. The number of nitrogens with zero attached hydrogens (tertiary/aromatic N) is 1. The van der Waals surface area contributed by atoms with E-state index in [0.717, 1.165) is 21.9 Å². The molecule has 1 heterocycles. The van der Waals surface area contributed by atoms with Gasteiger partial charge in [-0.2, -0.15) is 0 Å². The third-order valence-electron chi connectivity index (χ3n) is 4.34. The van der Waals surface area contributed by atoms with E-state index in [9.17, 15) is 9.90 Å². The Balaban J connectivity index is 2.42. The van der Waals surface area contributed by atoms with Crippen LogP contribution < -0.4 is 19.5 Å². The van der Waals surface area contributed by atoms with Crippen LogP contribution in [0.5, 0.6) is 17.2 Å². The molecule has 3 aromatic rings. The monoisotopic (exact) mass is 368 g/mol. The van der Waals surface area contributed by atoms with Gasteiger partial charge in [-0.05, 0) is 23.8 Å². The maximum absolute atomic E-state index is 11.4. The number of benzene rings is 2. The van der Waals surface area contributed by atoms with Gasteiger partial charge in [-0.1, -0.05) is 12.1 Å².